The van der Waals surface area contributed by atoms with Crippen molar-refractivity contribution in [1.82, 2.24) is 15.1 Å². The molecule has 5 rings (SSSR count). The van der Waals surface area contributed by atoms with Gasteiger partial charge in [0, 0.05) is 49.3 Å². The molecule has 3 fully saturated rings. The van der Waals surface area contributed by atoms with Crippen LogP contribution in [0.15, 0.2) is 59.6 Å². The molecule has 12 nitrogen and oxygen atoms in total. The second-order valence-electron chi connectivity index (χ2n) is 11.1. The van der Waals surface area contributed by atoms with E-state index >= 15 is 0 Å². The van der Waals surface area contributed by atoms with Crippen molar-refractivity contribution in [2.24, 2.45) is 40.1 Å². The molecular weight excluding hydrogens is 540 g/mol. The fourth-order valence-corrected chi connectivity index (χ4v) is 5.98. The van der Waals surface area contributed by atoms with Crippen molar-refractivity contribution in [3.8, 4) is 0 Å². The Morgan fingerprint density at radius 1 is 0.714 bits per heavy atom. The lowest BCUT2D eigenvalue weighted by atomic mass is 9.94. The first-order valence-corrected chi connectivity index (χ1v) is 13.7. The van der Waals surface area contributed by atoms with Gasteiger partial charge < -0.3 is 26.6 Å². The summed E-state index contributed by atoms with van der Waals surface area (Å²) in [5, 5.41) is 3.01. The average molecular weight is 573 g/mol. The smallest absolute Gasteiger partial charge is 0.253 e. The fraction of sp³-hybridized carbons (Fsp3) is 0.367. The van der Waals surface area contributed by atoms with Gasteiger partial charge in [-0.3, -0.25) is 28.8 Å². The molecule has 0 spiro atoms. The molecule has 2 saturated heterocycles. The number of hydrogen-bond acceptors (Lipinski definition) is 6. The van der Waals surface area contributed by atoms with Crippen LogP contribution < -0.4 is 16.8 Å². The van der Waals surface area contributed by atoms with Crippen molar-refractivity contribution < 1.29 is 28.8 Å². The number of hydrogen-bond donors (Lipinski definition) is 3. The van der Waals surface area contributed by atoms with E-state index in [2.05, 4.69) is 17.0 Å². The number of primary amides is 2. The fourth-order valence-electron chi connectivity index (χ4n) is 5.98. The highest BCUT2D eigenvalue weighted by Gasteiger charge is 2.46. The Hall–Kier alpha value is -4.87. The molecule has 2 aromatic rings. The van der Waals surface area contributed by atoms with Crippen LogP contribution in [-0.4, -0.2) is 84.2 Å². The molecule has 0 aromatic heterocycles. The van der Waals surface area contributed by atoms with Gasteiger partial charge in [-0.1, -0.05) is 30.3 Å². The summed E-state index contributed by atoms with van der Waals surface area (Å²) in [6, 6.07) is 15.7. The Morgan fingerprint density at radius 2 is 1.19 bits per heavy atom. The van der Waals surface area contributed by atoms with Crippen LogP contribution in [0.3, 0.4) is 0 Å². The van der Waals surface area contributed by atoms with E-state index in [0.717, 1.165) is 12.0 Å². The summed E-state index contributed by atoms with van der Waals surface area (Å²) in [5.41, 5.74) is 12.7. The summed E-state index contributed by atoms with van der Waals surface area (Å²) in [6.07, 6.45) is 0.806. The number of likely N-dealkylation sites (tertiary alicyclic amines) is 2. The standard InChI is InChI=1S/C30H32N6O6/c1-33-27(39)22-14-35(12-20(22)25(31)37)29(41)17-7-9-18(10-8-17)30(42)36-13-21(26(32)38)23(15-36)28(40)34-24-11-19(24)16-5-3-2-4-6-16/h2-10,19-24H,1,11-15H2,(H2,31,37)(H2,32,38)(H,34,40)/t19-,20-,21-,22-,23-,24+/m1/s1. The van der Waals surface area contributed by atoms with Crippen molar-refractivity contribution >= 4 is 42.2 Å². The van der Waals surface area contributed by atoms with E-state index in [-0.39, 0.29) is 55.2 Å². The van der Waals surface area contributed by atoms with Crippen LogP contribution in [0.4, 0.5) is 0 Å². The molecule has 0 radical (unpaired) electrons. The molecule has 12 heteroatoms. The van der Waals surface area contributed by atoms with Crippen molar-refractivity contribution in [2.75, 3.05) is 26.2 Å². The van der Waals surface area contributed by atoms with Crippen molar-refractivity contribution in [2.45, 2.75) is 18.4 Å². The lowest BCUT2D eigenvalue weighted by Gasteiger charge is -2.18. The van der Waals surface area contributed by atoms with Crippen molar-refractivity contribution in [3.63, 3.8) is 0 Å². The lowest BCUT2D eigenvalue weighted by Crippen LogP contribution is -2.40. The molecule has 1 saturated carbocycles. The second kappa shape index (κ2) is 11.6. The second-order valence-corrected chi connectivity index (χ2v) is 11.1. The normalized spacial score (nSPS) is 26.4. The predicted molar refractivity (Wildman–Crippen MR) is 151 cm³/mol. The van der Waals surface area contributed by atoms with Gasteiger partial charge in [0.1, 0.15) is 0 Å². The van der Waals surface area contributed by atoms with Gasteiger partial charge in [-0.2, -0.15) is 0 Å². The van der Waals surface area contributed by atoms with Crippen molar-refractivity contribution in [1.29, 1.82) is 0 Å². The monoisotopic (exact) mass is 572 g/mol. The Bertz CT molecular complexity index is 1440. The zero-order valence-electron chi connectivity index (χ0n) is 22.8. The maximum absolute atomic E-state index is 13.3. The topological polar surface area (TPSA) is 185 Å². The van der Waals surface area contributed by atoms with E-state index in [1.54, 1.807) is 0 Å². The molecule has 1 aliphatic carbocycles. The minimum Gasteiger partial charge on any atom is -0.369 e. The maximum atomic E-state index is 13.3. The molecule has 6 amide bonds. The van der Waals surface area contributed by atoms with Gasteiger partial charge in [0.2, 0.25) is 17.7 Å². The first-order chi connectivity index (χ1) is 20.1. The van der Waals surface area contributed by atoms with E-state index < -0.39 is 53.2 Å². The van der Waals surface area contributed by atoms with Crippen LogP contribution in [-0.2, 0) is 19.2 Å². The Labute approximate surface area is 242 Å². The summed E-state index contributed by atoms with van der Waals surface area (Å²) in [4.78, 5) is 81.7. The van der Waals surface area contributed by atoms with E-state index in [1.807, 2.05) is 30.3 Å². The summed E-state index contributed by atoms with van der Waals surface area (Å²) in [6.45, 7) is 3.20. The van der Waals surface area contributed by atoms with Crippen LogP contribution >= 0.6 is 0 Å². The van der Waals surface area contributed by atoms with E-state index in [4.69, 9.17) is 11.5 Å². The first kappa shape index (κ1) is 28.7. The quantitative estimate of drug-likeness (QED) is 0.372. The number of aliphatic imine (C=N–C) groups is 1. The molecule has 2 aromatic carbocycles. The minimum atomic E-state index is -0.865. The van der Waals surface area contributed by atoms with Gasteiger partial charge in [0.05, 0.1) is 23.7 Å². The van der Waals surface area contributed by atoms with Gasteiger partial charge in [-0.25, -0.2) is 4.99 Å². The SMILES string of the molecule is C=NC(=O)[C@@H]1CN(C(=O)c2ccc(C(=O)N3C[C@@H](C(N)=O)[C@H](C(=O)N[C@H]4C[C@@H]4c4ccccc4)C3)cc2)C[C@H]1C(N)=O. The van der Waals surface area contributed by atoms with Crippen LogP contribution in [0.1, 0.15) is 38.6 Å². The minimum absolute atomic E-state index is 0.00869. The highest BCUT2D eigenvalue weighted by molar-refractivity contribution is 6.00. The third-order valence-corrected chi connectivity index (χ3v) is 8.48. The van der Waals surface area contributed by atoms with E-state index in [9.17, 15) is 28.8 Å². The molecule has 6 atom stereocenters. The van der Waals surface area contributed by atoms with Gasteiger partial charge in [0.25, 0.3) is 17.7 Å². The van der Waals surface area contributed by atoms with Gasteiger partial charge in [-0.15, -0.1) is 0 Å². The predicted octanol–water partition coefficient (Wildman–Crippen LogP) is -0.0669. The molecular formula is C30H32N6O6. The van der Waals surface area contributed by atoms with Gasteiger partial charge in [-0.05, 0) is 43.0 Å². The largest absolute Gasteiger partial charge is 0.369 e. The highest BCUT2D eigenvalue weighted by Crippen LogP contribution is 2.41. The molecule has 2 aliphatic heterocycles. The molecule has 218 valence electrons. The number of carbonyl (C=O) groups is 6. The summed E-state index contributed by atoms with van der Waals surface area (Å²) >= 11 is 0. The molecule has 0 bridgehead atoms. The number of amides is 6. The summed E-state index contributed by atoms with van der Waals surface area (Å²) in [7, 11) is 0. The number of carbonyl (C=O) groups excluding carboxylic acids is 6. The van der Waals surface area contributed by atoms with Crippen LogP contribution in [0.25, 0.3) is 0 Å². The number of nitrogens with one attached hydrogen (secondary N) is 1. The lowest BCUT2D eigenvalue weighted by molar-refractivity contribution is -0.131. The Balaban J connectivity index is 1.22. The third-order valence-electron chi connectivity index (χ3n) is 8.48. The zero-order chi connectivity index (χ0) is 30.1. The molecule has 42 heavy (non-hydrogen) atoms. The third kappa shape index (κ3) is 5.65. The van der Waals surface area contributed by atoms with Gasteiger partial charge in [0.15, 0.2) is 0 Å². The molecule has 5 N–H and O–H groups in total. The summed E-state index contributed by atoms with van der Waals surface area (Å²) < 4.78 is 0. The van der Waals surface area contributed by atoms with Crippen LogP contribution in [0.5, 0.6) is 0 Å². The maximum Gasteiger partial charge on any atom is 0.253 e. The summed E-state index contributed by atoms with van der Waals surface area (Å²) in [5.74, 6) is -6.17. The number of nitrogens with two attached hydrogens (primary N) is 2. The highest BCUT2D eigenvalue weighted by atomic mass is 16.2. The van der Waals surface area contributed by atoms with Crippen LogP contribution in [0, 0.1) is 23.7 Å². The zero-order valence-corrected chi connectivity index (χ0v) is 22.8. The molecule has 3 aliphatic rings. The van der Waals surface area contributed by atoms with Crippen LogP contribution in [0.2, 0.25) is 0 Å². The number of nitrogens with zero attached hydrogens (tertiary/aromatic N) is 3. The van der Waals surface area contributed by atoms with E-state index in [1.165, 1.54) is 34.1 Å². The molecule has 2 heterocycles. The average Bonchev–Trinajstić information content (AvgIpc) is 3.39. The van der Waals surface area contributed by atoms with E-state index in [0.29, 0.717) is 0 Å². The first-order valence-electron chi connectivity index (χ1n) is 13.7. The van der Waals surface area contributed by atoms with Crippen molar-refractivity contribution in [3.05, 3.63) is 71.3 Å². The Kier molecular flexibility index (Phi) is 7.88. The number of benzene rings is 2. The number of rotatable bonds is 8. The van der Waals surface area contributed by atoms with Gasteiger partial charge >= 0.3 is 0 Å². The molecule has 0 unspecified atom stereocenters. The Morgan fingerprint density at radius 3 is 1.69 bits per heavy atom.